The molecule has 1 N–H and O–H groups in total. The molecule has 1 amide bonds. The average molecular weight is 237 g/mol. The quantitative estimate of drug-likeness (QED) is 0.870. The molecular formula is C12H15NO4. The molecule has 92 valence electrons. The maximum atomic E-state index is 11.0. The third-order valence-electron chi connectivity index (χ3n) is 2.90. The van der Waals surface area contributed by atoms with Gasteiger partial charge in [-0.15, -0.1) is 0 Å². The summed E-state index contributed by atoms with van der Waals surface area (Å²) in [5.74, 6) is 0. The highest BCUT2D eigenvalue weighted by Crippen LogP contribution is 2.33. The Balaban J connectivity index is 2.10. The van der Waals surface area contributed by atoms with Crippen molar-refractivity contribution >= 4 is 11.8 Å². The summed E-state index contributed by atoms with van der Waals surface area (Å²) < 4.78 is 15.2. The third-order valence-corrected chi connectivity index (χ3v) is 2.90. The van der Waals surface area contributed by atoms with Crippen molar-refractivity contribution < 1.29 is 19.0 Å². The van der Waals surface area contributed by atoms with Crippen LogP contribution in [0.2, 0.25) is 0 Å². The number of carbonyl (C=O) groups excluding carboxylic acids is 1. The minimum atomic E-state index is -0.480. The standard InChI is InChI=1S/C12H15NO4/c1-15-11(14)13-10-5-3-9(4-6-10)12(16-2)7-17-8-12/h3-6H,7-8H2,1-2H3,(H,13,14). The van der Waals surface area contributed by atoms with E-state index in [-0.39, 0.29) is 5.60 Å². The molecule has 1 aliphatic heterocycles. The van der Waals surface area contributed by atoms with Gasteiger partial charge in [-0.05, 0) is 17.7 Å². The number of ether oxygens (including phenoxy) is 3. The van der Waals surface area contributed by atoms with Crippen molar-refractivity contribution in [1.29, 1.82) is 0 Å². The Morgan fingerprint density at radius 1 is 1.29 bits per heavy atom. The number of hydrogen-bond donors (Lipinski definition) is 1. The molecule has 0 saturated carbocycles. The second kappa shape index (κ2) is 4.73. The monoisotopic (exact) mass is 237 g/mol. The van der Waals surface area contributed by atoms with Crippen LogP contribution in [0, 0.1) is 0 Å². The van der Waals surface area contributed by atoms with Crippen LogP contribution in [0.5, 0.6) is 0 Å². The van der Waals surface area contributed by atoms with Crippen LogP contribution in [-0.4, -0.2) is 33.5 Å². The first-order valence-electron chi connectivity index (χ1n) is 5.28. The smallest absolute Gasteiger partial charge is 0.411 e. The molecule has 0 spiro atoms. The van der Waals surface area contributed by atoms with Crippen molar-refractivity contribution in [3.63, 3.8) is 0 Å². The lowest BCUT2D eigenvalue weighted by atomic mass is 9.91. The number of amides is 1. The summed E-state index contributed by atoms with van der Waals surface area (Å²) in [4.78, 5) is 11.0. The molecule has 1 aliphatic rings. The molecule has 5 nitrogen and oxygen atoms in total. The van der Waals surface area contributed by atoms with E-state index in [1.165, 1.54) is 7.11 Å². The van der Waals surface area contributed by atoms with E-state index in [2.05, 4.69) is 10.1 Å². The molecule has 17 heavy (non-hydrogen) atoms. The number of benzene rings is 1. The highest BCUT2D eigenvalue weighted by molar-refractivity contribution is 5.84. The minimum Gasteiger partial charge on any atom is -0.453 e. The van der Waals surface area contributed by atoms with Gasteiger partial charge in [0.25, 0.3) is 0 Å². The van der Waals surface area contributed by atoms with Crippen molar-refractivity contribution in [3.8, 4) is 0 Å². The van der Waals surface area contributed by atoms with Crippen LogP contribution in [0.4, 0.5) is 10.5 Å². The van der Waals surface area contributed by atoms with E-state index in [1.807, 2.05) is 24.3 Å². The summed E-state index contributed by atoms with van der Waals surface area (Å²) in [6, 6.07) is 7.45. The summed E-state index contributed by atoms with van der Waals surface area (Å²) >= 11 is 0. The molecule has 2 rings (SSSR count). The first-order valence-corrected chi connectivity index (χ1v) is 5.28. The van der Waals surface area contributed by atoms with Gasteiger partial charge in [-0.3, -0.25) is 5.32 Å². The maximum Gasteiger partial charge on any atom is 0.411 e. The summed E-state index contributed by atoms with van der Waals surface area (Å²) in [6.45, 7) is 1.13. The van der Waals surface area contributed by atoms with Crippen molar-refractivity contribution in [2.75, 3.05) is 32.8 Å². The largest absolute Gasteiger partial charge is 0.453 e. The molecule has 0 unspecified atom stereocenters. The summed E-state index contributed by atoms with van der Waals surface area (Å²) in [6.07, 6.45) is -0.480. The summed E-state index contributed by atoms with van der Waals surface area (Å²) in [5.41, 5.74) is 1.40. The molecular weight excluding hydrogens is 222 g/mol. The number of methoxy groups -OCH3 is 2. The zero-order valence-corrected chi connectivity index (χ0v) is 9.86. The Morgan fingerprint density at radius 3 is 2.35 bits per heavy atom. The molecule has 1 aromatic carbocycles. The summed E-state index contributed by atoms with van der Waals surface area (Å²) in [5, 5.41) is 2.59. The van der Waals surface area contributed by atoms with Crippen LogP contribution in [0.15, 0.2) is 24.3 Å². The van der Waals surface area contributed by atoms with E-state index in [0.29, 0.717) is 18.9 Å². The number of hydrogen-bond acceptors (Lipinski definition) is 4. The van der Waals surface area contributed by atoms with Gasteiger partial charge in [-0.25, -0.2) is 4.79 Å². The van der Waals surface area contributed by atoms with Crippen LogP contribution < -0.4 is 5.32 Å². The molecule has 0 bridgehead atoms. The minimum absolute atomic E-state index is 0.330. The molecule has 1 aromatic rings. The third kappa shape index (κ3) is 2.25. The van der Waals surface area contributed by atoms with Crippen molar-refractivity contribution in [3.05, 3.63) is 29.8 Å². The number of nitrogens with one attached hydrogen (secondary N) is 1. The van der Waals surface area contributed by atoms with Gasteiger partial charge in [-0.2, -0.15) is 0 Å². The molecule has 5 heteroatoms. The fraction of sp³-hybridized carbons (Fsp3) is 0.417. The Kier molecular flexibility index (Phi) is 3.31. The lowest BCUT2D eigenvalue weighted by Crippen LogP contribution is -2.48. The van der Waals surface area contributed by atoms with Gasteiger partial charge in [0.1, 0.15) is 5.60 Å². The first kappa shape index (κ1) is 11.9. The molecule has 1 fully saturated rings. The predicted molar refractivity (Wildman–Crippen MR) is 62.0 cm³/mol. The number of rotatable bonds is 3. The lowest BCUT2D eigenvalue weighted by molar-refractivity contribution is -0.202. The molecule has 0 aromatic heterocycles. The van der Waals surface area contributed by atoms with Gasteiger partial charge in [0.15, 0.2) is 0 Å². The fourth-order valence-electron chi connectivity index (χ4n) is 1.72. The highest BCUT2D eigenvalue weighted by atomic mass is 16.6. The van der Waals surface area contributed by atoms with Gasteiger partial charge in [0.2, 0.25) is 0 Å². The zero-order valence-electron chi connectivity index (χ0n) is 9.86. The van der Waals surface area contributed by atoms with E-state index in [0.717, 1.165) is 5.56 Å². The number of carbonyl (C=O) groups is 1. The van der Waals surface area contributed by atoms with E-state index >= 15 is 0 Å². The maximum absolute atomic E-state index is 11.0. The van der Waals surface area contributed by atoms with Crippen LogP contribution in [0.3, 0.4) is 0 Å². The second-order valence-corrected chi connectivity index (χ2v) is 3.89. The lowest BCUT2D eigenvalue weighted by Gasteiger charge is -2.40. The number of anilines is 1. The fourth-order valence-corrected chi connectivity index (χ4v) is 1.72. The van der Waals surface area contributed by atoms with Gasteiger partial charge in [-0.1, -0.05) is 12.1 Å². The first-order chi connectivity index (χ1) is 8.20. The highest BCUT2D eigenvalue weighted by Gasteiger charge is 2.40. The van der Waals surface area contributed by atoms with Gasteiger partial charge >= 0.3 is 6.09 Å². The molecule has 1 heterocycles. The van der Waals surface area contributed by atoms with E-state index in [1.54, 1.807) is 7.11 Å². The normalized spacial score (nSPS) is 17.1. The SMILES string of the molecule is COC(=O)Nc1ccc(C2(OC)COC2)cc1. The zero-order chi connectivity index (χ0) is 12.3. The van der Waals surface area contributed by atoms with Gasteiger partial charge in [0, 0.05) is 12.8 Å². The second-order valence-electron chi connectivity index (χ2n) is 3.89. The van der Waals surface area contributed by atoms with Crippen LogP contribution in [-0.2, 0) is 19.8 Å². The van der Waals surface area contributed by atoms with Crippen molar-refractivity contribution in [2.45, 2.75) is 5.60 Å². The van der Waals surface area contributed by atoms with Crippen LogP contribution in [0.1, 0.15) is 5.56 Å². The van der Waals surface area contributed by atoms with E-state index in [4.69, 9.17) is 9.47 Å². The Hall–Kier alpha value is -1.59. The Morgan fingerprint density at radius 2 is 1.94 bits per heavy atom. The average Bonchev–Trinajstić information content (AvgIpc) is 2.30. The van der Waals surface area contributed by atoms with E-state index in [9.17, 15) is 4.79 Å². The van der Waals surface area contributed by atoms with E-state index < -0.39 is 6.09 Å². The Labute approximate surface area is 99.7 Å². The Bertz CT molecular complexity index is 392. The van der Waals surface area contributed by atoms with Crippen molar-refractivity contribution in [1.82, 2.24) is 0 Å². The van der Waals surface area contributed by atoms with Crippen LogP contribution in [0.25, 0.3) is 0 Å². The summed E-state index contributed by atoms with van der Waals surface area (Å²) in [7, 11) is 3.00. The van der Waals surface area contributed by atoms with Gasteiger partial charge in [0.05, 0.1) is 20.3 Å². The van der Waals surface area contributed by atoms with Gasteiger partial charge < -0.3 is 14.2 Å². The predicted octanol–water partition coefficient (Wildman–Crippen LogP) is 1.74. The van der Waals surface area contributed by atoms with Crippen LogP contribution >= 0.6 is 0 Å². The molecule has 0 aliphatic carbocycles. The molecule has 0 radical (unpaired) electrons. The van der Waals surface area contributed by atoms with Crippen molar-refractivity contribution in [2.24, 2.45) is 0 Å². The molecule has 1 saturated heterocycles. The molecule has 0 atom stereocenters. The topological polar surface area (TPSA) is 56.8 Å².